The highest BCUT2D eigenvalue weighted by atomic mass is 32.2. The number of thioether (sulfide) groups is 1. The molecule has 0 saturated heterocycles. The van der Waals surface area contributed by atoms with Crippen molar-refractivity contribution in [2.24, 2.45) is 0 Å². The van der Waals surface area contributed by atoms with E-state index in [0.717, 1.165) is 4.90 Å². The number of hydrogen-bond acceptors (Lipinski definition) is 5. The Kier molecular flexibility index (Phi) is 6.10. The van der Waals surface area contributed by atoms with E-state index in [0.29, 0.717) is 11.4 Å². The predicted molar refractivity (Wildman–Crippen MR) is 96.1 cm³/mol. The van der Waals surface area contributed by atoms with Crippen molar-refractivity contribution in [2.75, 3.05) is 22.9 Å². The molecule has 0 heterocycles. The van der Waals surface area contributed by atoms with E-state index in [1.165, 1.54) is 36.0 Å². The van der Waals surface area contributed by atoms with Gasteiger partial charge in [0.25, 0.3) is 10.0 Å². The summed E-state index contributed by atoms with van der Waals surface area (Å²) in [5, 5.41) is 2.51. The number of benzene rings is 2. The van der Waals surface area contributed by atoms with Crippen molar-refractivity contribution in [3.05, 3.63) is 48.5 Å². The minimum Gasteiger partial charge on any atom is -0.450 e. The zero-order chi connectivity index (χ0) is 17.6. The van der Waals surface area contributed by atoms with Crippen LogP contribution in [-0.2, 0) is 14.8 Å². The van der Waals surface area contributed by atoms with Crippen molar-refractivity contribution >= 4 is 39.3 Å². The van der Waals surface area contributed by atoms with Crippen LogP contribution >= 0.6 is 11.8 Å². The van der Waals surface area contributed by atoms with Crippen molar-refractivity contribution in [1.82, 2.24) is 0 Å². The van der Waals surface area contributed by atoms with Gasteiger partial charge in [0.05, 0.1) is 17.2 Å². The normalized spacial score (nSPS) is 10.9. The number of amides is 1. The van der Waals surface area contributed by atoms with E-state index in [2.05, 4.69) is 10.0 Å². The molecular formula is C16H18N2O4S2. The van der Waals surface area contributed by atoms with Crippen LogP contribution in [0.4, 0.5) is 16.2 Å². The molecule has 1 amide bonds. The molecule has 0 radical (unpaired) electrons. The lowest BCUT2D eigenvalue weighted by molar-refractivity contribution is 0.168. The molecule has 0 fully saturated rings. The number of ether oxygens (including phenoxy) is 1. The molecule has 2 rings (SSSR count). The highest BCUT2D eigenvalue weighted by molar-refractivity contribution is 7.99. The summed E-state index contributed by atoms with van der Waals surface area (Å²) >= 11 is 1.46. The van der Waals surface area contributed by atoms with E-state index in [4.69, 9.17) is 4.74 Å². The van der Waals surface area contributed by atoms with Crippen LogP contribution in [0.3, 0.4) is 0 Å². The number of carbonyl (C=O) groups is 1. The van der Waals surface area contributed by atoms with E-state index in [1.807, 2.05) is 18.4 Å². The number of rotatable bonds is 6. The molecule has 6 nitrogen and oxygen atoms in total. The number of hydrogen-bond donors (Lipinski definition) is 2. The van der Waals surface area contributed by atoms with Gasteiger partial charge >= 0.3 is 6.09 Å². The van der Waals surface area contributed by atoms with Gasteiger partial charge in [-0.3, -0.25) is 10.0 Å². The largest absolute Gasteiger partial charge is 0.450 e. The lowest BCUT2D eigenvalue weighted by atomic mass is 10.3. The summed E-state index contributed by atoms with van der Waals surface area (Å²) in [4.78, 5) is 12.3. The van der Waals surface area contributed by atoms with Crippen LogP contribution in [0, 0.1) is 0 Å². The van der Waals surface area contributed by atoms with Gasteiger partial charge in [-0.25, -0.2) is 13.2 Å². The van der Waals surface area contributed by atoms with Crippen LogP contribution in [0.15, 0.2) is 58.3 Å². The van der Waals surface area contributed by atoms with Gasteiger partial charge in [0, 0.05) is 10.6 Å². The van der Waals surface area contributed by atoms with E-state index >= 15 is 0 Å². The monoisotopic (exact) mass is 366 g/mol. The van der Waals surface area contributed by atoms with Gasteiger partial charge in [0.15, 0.2) is 0 Å². The highest BCUT2D eigenvalue weighted by Crippen LogP contribution is 2.27. The molecule has 0 aliphatic carbocycles. The topological polar surface area (TPSA) is 84.5 Å². The maximum Gasteiger partial charge on any atom is 0.411 e. The Hall–Kier alpha value is -2.19. The average molecular weight is 366 g/mol. The quantitative estimate of drug-likeness (QED) is 0.760. The average Bonchev–Trinajstić information content (AvgIpc) is 2.55. The molecule has 2 aromatic carbocycles. The molecule has 2 N–H and O–H groups in total. The Bertz CT molecular complexity index is 805. The molecule has 0 unspecified atom stereocenters. The molecule has 0 aliphatic heterocycles. The number of para-hydroxylation sites is 1. The number of nitrogens with one attached hydrogen (secondary N) is 2. The summed E-state index contributed by atoms with van der Waals surface area (Å²) in [6.45, 7) is 1.96. The van der Waals surface area contributed by atoms with Gasteiger partial charge in [-0.05, 0) is 49.6 Å². The standard InChI is InChI=1S/C16H18N2O4S2/c1-3-22-16(19)17-12-8-10-13(11-9-12)24(20,21)18-14-6-4-5-7-15(14)23-2/h4-11,18H,3H2,1-2H3,(H,17,19). The molecule has 0 saturated carbocycles. The van der Waals surface area contributed by atoms with Crippen LogP contribution in [0.1, 0.15) is 6.92 Å². The first-order valence-corrected chi connectivity index (χ1v) is 9.86. The fraction of sp³-hybridized carbons (Fsp3) is 0.188. The summed E-state index contributed by atoms with van der Waals surface area (Å²) in [6.07, 6.45) is 1.29. The van der Waals surface area contributed by atoms with Crippen LogP contribution in [0.5, 0.6) is 0 Å². The molecule has 0 spiro atoms. The van der Waals surface area contributed by atoms with Crippen LogP contribution in [-0.4, -0.2) is 27.4 Å². The van der Waals surface area contributed by atoms with E-state index in [1.54, 1.807) is 19.1 Å². The summed E-state index contributed by atoms with van der Waals surface area (Å²) in [5.41, 5.74) is 0.982. The minimum absolute atomic E-state index is 0.104. The Morgan fingerprint density at radius 1 is 1.12 bits per heavy atom. The SMILES string of the molecule is CCOC(=O)Nc1ccc(S(=O)(=O)Nc2ccccc2SC)cc1. The van der Waals surface area contributed by atoms with Gasteiger partial charge in [-0.1, -0.05) is 12.1 Å². The van der Waals surface area contributed by atoms with Gasteiger partial charge in [-0.2, -0.15) is 0 Å². The van der Waals surface area contributed by atoms with Crippen molar-refractivity contribution in [2.45, 2.75) is 16.7 Å². The van der Waals surface area contributed by atoms with Crippen molar-refractivity contribution < 1.29 is 17.9 Å². The third kappa shape index (κ3) is 4.65. The molecule has 8 heteroatoms. The molecule has 128 valence electrons. The first kappa shape index (κ1) is 18.2. The second-order valence-corrected chi connectivity index (χ2v) is 7.21. The Morgan fingerprint density at radius 3 is 2.42 bits per heavy atom. The summed E-state index contributed by atoms with van der Waals surface area (Å²) in [6, 6.07) is 13.0. The Balaban J connectivity index is 2.16. The smallest absolute Gasteiger partial charge is 0.411 e. The molecule has 0 aliphatic rings. The third-order valence-corrected chi connectivity index (χ3v) is 5.21. The molecule has 2 aromatic rings. The number of anilines is 2. The van der Waals surface area contributed by atoms with Gasteiger partial charge < -0.3 is 4.74 Å². The fourth-order valence-corrected chi connectivity index (χ4v) is 3.63. The number of carbonyl (C=O) groups excluding carboxylic acids is 1. The molecule has 0 bridgehead atoms. The van der Waals surface area contributed by atoms with Crippen molar-refractivity contribution in [1.29, 1.82) is 0 Å². The lowest BCUT2D eigenvalue weighted by Crippen LogP contribution is -2.15. The maximum absolute atomic E-state index is 12.5. The Morgan fingerprint density at radius 2 is 1.79 bits per heavy atom. The lowest BCUT2D eigenvalue weighted by Gasteiger charge is -2.12. The second kappa shape index (κ2) is 8.07. The number of sulfonamides is 1. The first-order valence-electron chi connectivity index (χ1n) is 7.16. The van der Waals surface area contributed by atoms with Gasteiger partial charge in [0.2, 0.25) is 0 Å². The summed E-state index contributed by atoms with van der Waals surface area (Å²) in [5.74, 6) is 0. The maximum atomic E-state index is 12.5. The highest BCUT2D eigenvalue weighted by Gasteiger charge is 2.16. The molecule has 0 atom stereocenters. The molecular weight excluding hydrogens is 348 g/mol. The van der Waals surface area contributed by atoms with Gasteiger partial charge in [-0.15, -0.1) is 11.8 Å². The zero-order valence-electron chi connectivity index (χ0n) is 13.3. The summed E-state index contributed by atoms with van der Waals surface area (Å²) < 4.78 is 32.3. The predicted octanol–water partition coefficient (Wildman–Crippen LogP) is 3.78. The second-order valence-electron chi connectivity index (χ2n) is 4.68. The van der Waals surface area contributed by atoms with Crippen LogP contribution in [0.25, 0.3) is 0 Å². The van der Waals surface area contributed by atoms with Crippen molar-refractivity contribution in [3.8, 4) is 0 Å². The van der Waals surface area contributed by atoms with Crippen LogP contribution < -0.4 is 10.0 Å². The van der Waals surface area contributed by atoms with Crippen LogP contribution in [0.2, 0.25) is 0 Å². The van der Waals surface area contributed by atoms with E-state index in [-0.39, 0.29) is 11.5 Å². The van der Waals surface area contributed by atoms with E-state index < -0.39 is 16.1 Å². The summed E-state index contributed by atoms with van der Waals surface area (Å²) in [7, 11) is -3.71. The fourth-order valence-electron chi connectivity index (χ4n) is 1.94. The molecule has 0 aromatic heterocycles. The zero-order valence-corrected chi connectivity index (χ0v) is 14.9. The Labute approximate surface area is 145 Å². The van der Waals surface area contributed by atoms with Gasteiger partial charge in [0.1, 0.15) is 0 Å². The third-order valence-electron chi connectivity index (χ3n) is 3.04. The van der Waals surface area contributed by atoms with E-state index in [9.17, 15) is 13.2 Å². The first-order chi connectivity index (χ1) is 11.5. The minimum atomic E-state index is -3.71. The van der Waals surface area contributed by atoms with Crippen molar-refractivity contribution in [3.63, 3.8) is 0 Å². The molecule has 24 heavy (non-hydrogen) atoms.